The Hall–Kier alpha value is -4.05. The first-order chi connectivity index (χ1) is 16.5. The second-order valence-electron chi connectivity index (χ2n) is 8.19. The third kappa shape index (κ3) is 5.38. The number of amides is 1. The van der Waals surface area contributed by atoms with Crippen LogP contribution >= 0.6 is 7.60 Å². The zero-order valence-corrected chi connectivity index (χ0v) is 19.6. The SMILES string of the molecule is CC(C)(NC(=O)c1cnc(-c2cccnn2)[nH]c1=O)c1ccc(-c2ccc(P(=O)(O)O)cc2)nc1. The number of nitrogens with zero attached hydrogens (tertiary/aromatic N) is 4. The smallest absolute Gasteiger partial charge is 0.343 e. The molecule has 0 saturated carbocycles. The topological polar surface area (TPSA) is 171 Å². The van der Waals surface area contributed by atoms with E-state index < -0.39 is 24.6 Å². The highest BCUT2D eigenvalue weighted by Gasteiger charge is 2.26. The largest absolute Gasteiger partial charge is 0.356 e. The Morgan fingerprint density at radius 1 is 1.00 bits per heavy atom. The van der Waals surface area contributed by atoms with Gasteiger partial charge in [0.2, 0.25) is 0 Å². The van der Waals surface area contributed by atoms with Crippen LogP contribution in [0.2, 0.25) is 0 Å². The van der Waals surface area contributed by atoms with Gasteiger partial charge in [-0.2, -0.15) is 5.10 Å². The van der Waals surface area contributed by atoms with Gasteiger partial charge in [-0.25, -0.2) is 4.98 Å². The predicted octanol–water partition coefficient (Wildman–Crippen LogP) is 1.76. The summed E-state index contributed by atoms with van der Waals surface area (Å²) in [5, 5.41) is 10.4. The summed E-state index contributed by atoms with van der Waals surface area (Å²) in [7, 11) is -4.32. The van der Waals surface area contributed by atoms with Gasteiger partial charge in [-0.1, -0.05) is 18.2 Å². The Bertz CT molecular complexity index is 1470. The maximum Gasteiger partial charge on any atom is 0.356 e. The zero-order valence-electron chi connectivity index (χ0n) is 18.7. The lowest BCUT2D eigenvalue weighted by Crippen LogP contribution is -2.43. The van der Waals surface area contributed by atoms with Crippen LogP contribution in [0, 0.1) is 0 Å². The van der Waals surface area contributed by atoms with Crippen LogP contribution in [0.1, 0.15) is 29.8 Å². The first kappa shape index (κ1) is 24.1. The normalized spacial score (nSPS) is 11.8. The molecule has 0 spiro atoms. The average Bonchev–Trinajstić information content (AvgIpc) is 2.84. The quantitative estimate of drug-likeness (QED) is 0.293. The summed E-state index contributed by atoms with van der Waals surface area (Å²) in [6.07, 6.45) is 4.28. The van der Waals surface area contributed by atoms with E-state index >= 15 is 0 Å². The first-order valence-electron chi connectivity index (χ1n) is 10.4. The zero-order chi connectivity index (χ0) is 25.2. The molecule has 4 aromatic rings. The van der Waals surface area contributed by atoms with Gasteiger partial charge in [0.05, 0.1) is 16.5 Å². The standard InChI is InChI=1S/C23H21N6O5P/c1-23(2,15-7-10-18(24-12-15)14-5-8-16(9-6-14)35(32,33)34)28-22(31)17-13-25-20(27-21(17)30)19-4-3-11-26-29-19/h3-13H,1-2H3,(H,28,31)(H,25,27,30)(H2,32,33,34). The van der Waals surface area contributed by atoms with Crippen molar-refractivity contribution >= 4 is 18.8 Å². The fraction of sp³-hybridized carbons (Fsp3) is 0.130. The van der Waals surface area contributed by atoms with Crippen molar-refractivity contribution < 1.29 is 19.1 Å². The minimum atomic E-state index is -4.32. The van der Waals surface area contributed by atoms with Crippen LogP contribution in [0.3, 0.4) is 0 Å². The molecule has 0 unspecified atom stereocenters. The molecule has 11 nitrogen and oxygen atoms in total. The molecule has 0 aliphatic heterocycles. The lowest BCUT2D eigenvalue weighted by molar-refractivity contribution is 0.0910. The van der Waals surface area contributed by atoms with E-state index in [0.717, 1.165) is 0 Å². The number of nitrogens with one attached hydrogen (secondary N) is 2. The highest BCUT2D eigenvalue weighted by molar-refractivity contribution is 7.60. The van der Waals surface area contributed by atoms with Crippen LogP contribution in [-0.4, -0.2) is 40.8 Å². The maximum atomic E-state index is 12.8. The molecule has 0 aliphatic rings. The Morgan fingerprint density at radius 2 is 1.74 bits per heavy atom. The maximum absolute atomic E-state index is 12.8. The van der Waals surface area contributed by atoms with Crippen LogP contribution in [-0.2, 0) is 10.1 Å². The van der Waals surface area contributed by atoms with Crippen molar-refractivity contribution in [2.45, 2.75) is 19.4 Å². The van der Waals surface area contributed by atoms with Crippen molar-refractivity contribution in [2.75, 3.05) is 0 Å². The molecule has 3 aromatic heterocycles. The number of hydrogen-bond acceptors (Lipinski definition) is 7. The molecule has 0 atom stereocenters. The van der Waals surface area contributed by atoms with E-state index in [4.69, 9.17) is 0 Å². The van der Waals surface area contributed by atoms with Gasteiger partial charge in [0.25, 0.3) is 11.5 Å². The number of pyridine rings is 1. The van der Waals surface area contributed by atoms with Gasteiger partial charge in [0.15, 0.2) is 5.82 Å². The molecule has 4 N–H and O–H groups in total. The molecular formula is C23H21N6O5P. The molecule has 0 radical (unpaired) electrons. The summed E-state index contributed by atoms with van der Waals surface area (Å²) in [6.45, 7) is 3.54. The van der Waals surface area contributed by atoms with Crippen LogP contribution in [0.5, 0.6) is 0 Å². The number of carbonyl (C=O) groups excluding carboxylic acids is 1. The summed E-state index contributed by atoms with van der Waals surface area (Å²) in [5.41, 5.74) is 0.691. The van der Waals surface area contributed by atoms with E-state index in [2.05, 4.69) is 30.5 Å². The molecule has 178 valence electrons. The van der Waals surface area contributed by atoms with Gasteiger partial charge < -0.3 is 20.1 Å². The minimum absolute atomic E-state index is 0.0732. The molecule has 0 saturated heterocycles. The highest BCUT2D eigenvalue weighted by atomic mass is 31.2. The van der Waals surface area contributed by atoms with Crippen molar-refractivity contribution in [1.29, 1.82) is 0 Å². The van der Waals surface area contributed by atoms with E-state index in [-0.39, 0.29) is 16.7 Å². The number of benzene rings is 1. The Balaban J connectivity index is 1.50. The molecule has 0 fully saturated rings. The first-order valence-corrected chi connectivity index (χ1v) is 12.0. The summed E-state index contributed by atoms with van der Waals surface area (Å²) in [6, 6.07) is 12.7. The Kier molecular flexibility index (Phi) is 6.40. The van der Waals surface area contributed by atoms with Crippen molar-refractivity contribution in [3.63, 3.8) is 0 Å². The number of aromatic amines is 1. The fourth-order valence-corrected chi connectivity index (χ4v) is 3.84. The predicted molar refractivity (Wildman–Crippen MR) is 128 cm³/mol. The van der Waals surface area contributed by atoms with Crippen LogP contribution in [0.4, 0.5) is 0 Å². The summed E-state index contributed by atoms with van der Waals surface area (Å²) in [4.78, 5) is 54.9. The molecule has 1 amide bonds. The van der Waals surface area contributed by atoms with E-state index in [1.54, 1.807) is 56.4 Å². The molecule has 0 aliphatic carbocycles. The van der Waals surface area contributed by atoms with Gasteiger partial charge >= 0.3 is 7.60 Å². The van der Waals surface area contributed by atoms with Crippen molar-refractivity contribution in [1.82, 2.24) is 30.5 Å². The Morgan fingerprint density at radius 3 is 2.31 bits per heavy atom. The number of H-pyrrole nitrogens is 1. The molecule has 35 heavy (non-hydrogen) atoms. The minimum Gasteiger partial charge on any atom is -0.343 e. The number of carbonyl (C=O) groups is 1. The van der Waals surface area contributed by atoms with Gasteiger partial charge in [0.1, 0.15) is 11.3 Å². The molecular weight excluding hydrogens is 471 g/mol. The van der Waals surface area contributed by atoms with Gasteiger partial charge in [-0.15, -0.1) is 5.10 Å². The van der Waals surface area contributed by atoms with E-state index in [9.17, 15) is 23.9 Å². The van der Waals surface area contributed by atoms with Crippen molar-refractivity contribution in [3.8, 4) is 22.8 Å². The average molecular weight is 492 g/mol. The van der Waals surface area contributed by atoms with Crippen molar-refractivity contribution in [3.05, 3.63) is 88.6 Å². The molecule has 1 aromatic carbocycles. The summed E-state index contributed by atoms with van der Waals surface area (Å²) >= 11 is 0. The van der Waals surface area contributed by atoms with Gasteiger partial charge in [0, 0.05) is 24.2 Å². The molecule has 12 heteroatoms. The third-order valence-corrected chi connectivity index (χ3v) is 6.24. The van der Waals surface area contributed by atoms with Gasteiger partial charge in [-0.05, 0) is 49.7 Å². The van der Waals surface area contributed by atoms with Crippen LogP contribution < -0.4 is 16.2 Å². The van der Waals surface area contributed by atoms with Gasteiger partial charge in [-0.3, -0.25) is 19.1 Å². The molecule has 3 heterocycles. The number of hydrogen-bond donors (Lipinski definition) is 4. The van der Waals surface area contributed by atoms with E-state index in [1.165, 1.54) is 24.5 Å². The lowest BCUT2D eigenvalue weighted by atomic mass is 9.95. The number of aromatic nitrogens is 5. The third-order valence-electron chi connectivity index (χ3n) is 5.27. The summed E-state index contributed by atoms with van der Waals surface area (Å²) in [5.74, 6) is -0.404. The van der Waals surface area contributed by atoms with Crippen LogP contribution in [0.15, 0.2) is 71.9 Å². The Labute approximate surface area is 199 Å². The molecule has 0 bridgehead atoms. The van der Waals surface area contributed by atoms with Crippen molar-refractivity contribution in [2.24, 2.45) is 0 Å². The number of rotatable bonds is 6. The lowest BCUT2D eigenvalue weighted by Gasteiger charge is -2.26. The monoisotopic (exact) mass is 492 g/mol. The van der Waals surface area contributed by atoms with E-state index in [1.807, 2.05) is 0 Å². The van der Waals surface area contributed by atoms with E-state index in [0.29, 0.717) is 22.5 Å². The highest BCUT2D eigenvalue weighted by Crippen LogP contribution is 2.33. The second-order valence-corrected chi connectivity index (χ2v) is 9.79. The van der Waals surface area contributed by atoms with Crippen LogP contribution in [0.25, 0.3) is 22.8 Å². The molecule has 4 rings (SSSR count). The second kappa shape index (κ2) is 9.30. The summed E-state index contributed by atoms with van der Waals surface area (Å²) < 4.78 is 11.3. The fourth-order valence-electron chi connectivity index (χ4n) is 3.30.